The van der Waals surface area contributed by atoms with Crippen LogP contribution in [0.15, 0.2) is 53.4 Å². The predicted molar refractivity (Wildman–Crippen MR) is 109 cm³/mol. The minimum atomic E-state index is -3.37. The normalized spacial score (nSPS) is 20.7. The second kappa shape index (κ2) is 8.72. The van der Waals surface area contributed by atoms with E-state index in [0.717, 1.165) is 18.7 Å². The van der Waals surface area contributed by atoms with E-state index in [2.05, 4.69) is 17.0 Å². The van der Waals surface area contributed by atoms with Crippen LogP contribution >= 0.6 is 24.0 Å². The highest BCUT2D eigenvalue weighted by Crippen LogP contribution is 2.31. The Hall–Kier alpha value is -1.11. The van der Waals surface area contributed by atoms with Crippen LogP contribution in [0.5, 0.6) is 0 Å². The van der Waals surface area contributed by atoms with E-state index in [1.807, 2.05) is 24.3 Å². The molecule has 0 aliphatic carbocycles. The first-order valence-electron chi connectivity index (χ1n) is 8.45. The minimum absolute atomic E-state index is 0. The Morgan fingerprint density at radius 3 is 2.46 bits per heavy atom. The van der Waals surface area contributed by atoms with Gasteiger partial charge in [0.25, 0.3) is 0 Å². The van der Waals surface area contributed by atoms with E-state index in [1.165, 1.54) is 5.56 Å². The first kappa shape index (κ1) is 21.2. The Morgan fingerprint density at radius 2 is 1.81 bits per heavy atom. The van der Waals surface area contributed by atoms with Crippen molar-refractivity contribution in [1.82, 2.24) is 4.90 Å². The third-order valence-electron chi connectivity index (χ3n) is 4.80. The van der Waals surface area contributed by atoms with Gasteiger partial charge in [-0.05, 0) is 17.2 Å². The average Bonchev–Trinajstić information content (AvgIpc) is 2.96. The fraction of sp³-hybridized carbons (Fsp3) is 0.368. The fourth-order valence-corrected chi connectivity index (χ4v) is 5.24. The van der Waals surface area contributed by atoms with Crippen molar-refractivity contribution in [3.8, 4) is 0 Å². The molecule has 0 unspecified atom stereocenters. The smallest absolute Gasteiger partial charge is 0.179 e. The lowest BCUT2D eigenvalue weighted by molar-refractivity contribution is 0.321. The molecule has 2 aromatic carbocycles. The number of halogens is 2. The van der Waals surface area contributed by atoms with Gasteiger partial charge in [-0.25, -0.2) is 8.42 Å². The van der Waals surface area contributed by atoms with E-state index in [0.29, 0.717) is 11.6 Å². The molecule has 1 aliphatic heterocycles. The number of sulfone groups is 1. The molecule has 2 N–H and O–H groups in total. The molecule has 26 heavy (non-hydrogen) atoms. The van der Waals surface area contributed by atoms with Crippen molar-refractivity contribution in [3.63, 3.8) is 0 Å². The average molecular weight is 415 g/mol. The van der Waals surface area contributed by atoms with Crippen molar-refractivity contribution in [2.24, 2.45) is 5.73 Å². The van der Waals surface area contributed by atoms with Gasteiger partial charge in [-0.1, -0.05) is 61.0 Å². The van der Waals surface area contributed by atoms with Crippen molar-refractivity contribution in [2.75, 3.05) is 18.8 Å². The molecule has 3 rings (SSSR count). The second-order valence-corrected chi connectivity index (χ2v) is 9.13. The standard InChI is InChI=1S/C19H23ClN2O2S.ClH/c1-2-25(23,24)19-15(9-6-10-17(19)20)11-22-12-16(18(21)13-22)14-7-4-3-5-8-14;/h3-10,16,18H,2,11-13,21H2,1H3;1H/t16-,18+;/m0./s1. The van der Waals surface area contributed by atoms with Gasteiger partial charge >= 0.3 is 0 Å². The van der Waals surface area contributed by atoms with Gasteiger partial charge in [-0.3, -0.25) is 4.90 Å². The van der Waals surface area contributed by atoms with Crippen LogP contribution in [0.1, 0.15) is 24.0 Å². The lowest BCUT2D eigenvalue weighted by Gasteiger charge is -2.19. The Labute approximate surface area is 166 Å². The number of hydrogen-bond donors (Lipinski definition) is 1. The maximum atomic E-state index is 12.4. The molecule has 142 valence electrons. The zero-order valence-corrected chi connectivity index (χ0v) is 17.0. The van der Waals surface area contributed by atoms with E-state index in [-0.39, 0.29) is 35.0 Å². The lowest BCUT2D eigenvalue weighted by Crippen LogP contribution is -2.28. The molecule has 0 spiro atoms. The van der Waals surface area contributed by atoms with Gasteiger partial charge in [0.05, 0.1) is 15.7 Å². The largest absolute Gasteiger partial charge is 0.326 e. The molecule has 0 bridgehead atoms. The van der Waals surface area contributed by atoms with Crippen LogP contribution in [-0.2, 0) is 16.4 Å². The molecule has 1 heterocycles. The van der Waals surface area contributed by atoms with Gasteiger partial charge in [0, 0.05) is 31.6 Å². The highest BCUT2D eigenvalue weighted by atomic mass is 35.5. The van der Waals surface area contributed by atoms with Gasteiger partial charge < -0.3 is 5.73 Å². The molecular formula is C19H24Cl2N2O2S. The topological polar surface area (TPSA) is 63.4 Å². The molecule has 0 amide bonds. The quantitative estimate of drug-likeness (QED) is 0.812. The summed E-state index contributed by atoms with van der Waals surface area (Å²) >= 11 is 6.21. The Kier molecular flexibility index (Phi) is 7.11. The summed E-state index contributed by atoms with van der Waals surface area (Å²) in [6, 6.07) is 15.5. The van der Waals surface area contributed by atoms with Crippen LogP contribution in [0, 0.1) is 0 Å². The number of likely N-dealkylation sites (tertiary alicyclic amines) is 1. The van der Waals surface area contributed by atoms with Crippen molar-refractivity contribution in [1.29, 1.82) is 0 Å². The van der Waals surface area contributed by atoms with Gasteiger partial charge in [0.2, 0.25) is 0 Å². The number of nitrogens with two attached hydrogens (primary N) is 1. The third kappa shape index (κ3) is 4.41. The van der Waals surface area contributed by atoms with Gasteiger partial charge in [-0.2, -0.15) is 0 Å². The maximum Gasteiger partial charge on any atom is 0.179 e. The Bertz CT molecular complexity index is 844. The zero-order valence-electron chi connectivity index (χ0n) is 14.6. The van der Waals surface area contributed by atoms with Crippen molar-refractivity contribution in [2.45, 2.75) is 30.3 Å². The summed E-state index contributed by atoms with van der Waals surface area (Å²) in [7, 11) is -3.37. The van der Waals surface area contributed by atoms with Crippen LogP contribution in [0.25, 0.3) is 0 Å². The summed E-state index contributed by atoms with van der Waals surface area (Å²) in [5, 5.41) is 0.294. The van der Waals surface area contributed by atoms with Crippen molar-refractivity contribution in [3.05, 3.63) is 64.7 Å². The van der Waals surface area contributed by atoms with Crippen molar-refractivity contribution >= 4 is 33.8 Å². The summed E-state index contributed by atoms with van der Waals surface area (Å²) in [5.41, 5.74) is 8.32. The minimum Gasteiger partial charge on any atom is -0.326 e. The van der Waals surface area contributed by atoms with E-state index in [1.54, 1.807) is 19.1 Å². The van der Waals surface area contributed by atoms with E-state index >= 15 is 0 Å². The second-order valence-electron chi connectivity index (χ2n) is 6.51. The summed E-state index contributed by atoms with van der Waals surface area (Å²) in [4.78, 5) is 2.47. The SMILES string of the molecule is CCS(=O)(=O)c1c(Cl)cccc1CN1C[C@@H](N)[C@H](c2ccccc2)C1.Cl. The Balaban J connectivity index is 0.00000243. The van der Waals surface area contributed by atoms with Crippen LogP contribution in [0.4, 0.5) is 0 Å². The van der Waals surface area contributed by atoms with Crippen molar-refractivity contribution < 1.29 is 8.42 Å². The molecule has 2 aromatic rings. The number of benzene rings is 2. The summed E-state index contributed by atoms with van der Waals surface area (Å²) in [6.45, 7) is 3.72. The first-order chi connectivity index (χ1) is 11.9. The number of rotatable bonds is 5. The molecule has 1 aliphatic rings. The fourth-order valence-electron chi connectivity index (χ4n) is 3.51. The molecule has 2 atom stereocenters. The molecular weight excluding hydrogens is 391 g/mol. The highest BCUT2D eigenvalue weighted by molar-refractivity contribution is 7.91. The number of hydrogen-bond acceptors (Lipinski definition) is 4. The monoisotopic (exact) mass is 414 g/mol. The summed E-state index contributed by atoms with van der Waals surface area (Å²) < 4.78 is 24.9. The van der Waals surface area contributed by atoms with Crippen LogP contribution in [0.3, 0.4) is 0 Å². The van der Waals surface area contributed by atoms with Crippen LogP contribution in [0.2, 0.25) is 5.02 Å². The van der Waals surface area contributed by atoms with Gasteiger partial charge in [-0.15, -0.1) is 12.4 Å². The molecule has 4 nitrogen and oxygen atoms in total. The molecule has 7 heteroatoms. The number of nitrogens with zero attached hydrogens (tertiary/aromatic N) is 1. The van der Waals surface area contributed by atoms with E-state index < -0.39 is 9.84 Å². The molecule has 0 radical (unpaired) electrons. The summed E-state index contributed by atoms with van der Waals surface area (Å²) in [6.07, 6.45) is 0. The summed E-state index contributed by atoms with van der Waals surface area (Å²) in [5.74, 6) is 0.294. The lowest BCUT2D eigenvalue weighted by atomic mass is 9.95. The highest BCUT2D eigenvalue weighted by Gasteiger charge is 2.32. The van der Waals surface area contributed by atoms with Gasteiger partial charge in [0.15, 0.2) is 9.84 Å². The molecule has 0 saturated carbocycles. The third-order valence-corrected chi connectivity index (χ3v) is 7.09. The first-order valence-corrected chi connectivity index (χ1v) is 10.5. The van der Waals surface area contributed by atoms with Crippen LogP contribution in [-0.4, -0.2) is 38.2 Å². The van der Waals surface area contributed by atoms with Crippen LogP contribution < -0.4 is 5.73 Å². The predicted octanol–water partition coefficient (Wildman–Crippen LogP) is 3.48. The van der Waals surface area contributed by atoms with Gasteiger partial charge in [0.1, 0.15) is 0 Å². The molecule has 1 saturated heterocycles. The molecule has 0 aromatic heterocycles. The molecule has 1 fully saturated rings. The zero-order chi connectivity index (χ0) is 18.0. The van der Waals surface area contributed by atoms with E-state index in [4.69, 9.17) is 17.3 Å². The van der Waals surface area contributed by atoms with E-state index in [9.17, 15) is 8.42 Å². The maximum absolute atomic E-state index is 12.4. The Morgan fingerprint density at radius 1 is 1.12 bits per heavy atom.